The van der Waals surface area contributed by atoms with E-state index in [0.717, 1.165) is 0 Å². The molecule has 0 aromatic carbocycles. The fraction of sp³-hybridized carbons (Fsp3) is 0.730. The molecule has 17 atom stereocenters. The number of nitrogens with one attached hydrogen (secondary N) is 23. The Hall–Kier alpha value is -14.2. The minimum Gasteiger partial charge on any atom is -0.481 e. The number of nitrogens with two attached hydrogens (primary N) is 8. The summed E-state index contributed by atoms with van der Waals surface area (Å²) in [5, 5.41) is 116. The summed E-state index contributed by atoms with van der Waals surface area (Å²) < 4.78 is 0. The molecule has 0 radical (unpaired) electrons. The third-order valence-electron chi connectivity index (χ3n) is 26.4. The lowest BCUT2D eigenvalue weighted by molar-refractivity contribution is -0.148. The standard InChI is InChI=1S/C89H157N37O19/c1-5-49(4)66(120-69(131)52(21-8-36-107-85(95)96)112-67(129)50(90)19-6-34-105-83(91)92)75(137)117-56(25-12-40-111-89(103)104)78(140)122-42-14-27-60(122)72(134)116-55(24-11-39-110-88(101)102)79(141)126-46-18-31-64(126)81(143)125-45-17-30-63(125)70(132)113-51(20-7-35-106-84(93)94)68(130)119-58(47-48(2)3)80(142)124-44-16-28-61(124)73(135)115-53(22-9-37-108-86(97)98)76(138)121-41-13-26-59(121)71(133)114-54(23-10-38-109-87(99)100)77(139)123-43-15-29-62(123)74(136)118-57(82(144)145)32-33-65(127)128/h48-64,66H,5-47,90H2,1-4H3,(H,112,129)(H,113,132)(H,114,133)(H,115,135)(H,116,134)(H,117,137)(H,118,136)(H,119,130)(H,120,131)(H,127,128)(H,144,145)(H4,91,92,105)(H4,93,94,106)(H4,95,96,107)(H4,97,98,108)(H4,99,100,109)(H4,101,102,110)(H4,103,104,111)/t49-,50-,51-,52-,53-,54-,55-,56-,57-,58-,59-,60-,61-,62-,63-,64-,66-/m0/s1. The van der Waals surface area contributed by atoms with Crippen molar-refractivity contribution in [3.05, 3.63) is 0 Å². The number of guanidine groups is 7. The molecule has 0 bridgehead atoms. The third kappa shape index (κ3) is 38.8. The number of carboxylic acid groups (broad SMARTS) is 2. The quantitative estimate of drug-likeness (QED) is 0.0153. The molecule has 15 amide bonds. The van der Waals surface area contributed by atoms with Crippen LogP contribution in [-0.4, -0.2) is 364 Å². The minimum absolute atomic E-state index is 0.00121. The Morgan fingerprint density at radius 2 is 0.552 bits per heavy atom. The number of carbonyl (C=O) groups is 17. The molecule has 0 aliphatic carbocycles. The van der Waals surface area contributed by atoms with Gasteiger partial charge in [0.1, 0.15) is 90.6 Å². The highest BCUT2D eigenvalue weighted by atomic mass is 16.4. The number of nitrogens with zero attached hydrogens (tertiary/aromatic N) is 6. The van der Waals surface area contributed by atoms with E-state index < -0.39 is 222 Å². The van der Waals surface area contributed by atoms with Crippen molar-refractivity contribution in [3.8, 4) is 0 Å². The van der Waals surface area contributed by atoms with E-state index in [-0.39, 0.29) is 274 Å². The van der Waals surface area contributed by atoms with Crippen molar-refractivity contribution in [1.29, 1.82) is 37.9 Å². The van der Waals surface area contributed by atoms with Crippen LogP contribution in [0.4, 0.5) is 0 Å². The van der Waals surface area contributed by atoms with Crippen molar-refractivity contribution >= 4 is 142 Å². The highest BCUT2D eigenvalue weighted by Gasteiger charge is 2.49. The molecule has 0 unspecified atom stereocenters. The first-order valence-corrected chi connectivity index (χ1v) is 50.1. The number of hydrogen-bond acceptors (Lipinski definition) is 25. The molecule has 6 aliphatic rings. The third-order valence-corrected chi connectivity index (χ3v) is 26.4. The second-order valence-electron chi connectivity index (χ2n) is 37.9. The van der Waals surface area contributed by atoms with E-state index >= 15 is 38.4 Å². The Bertz CT molecular complexity index is 4550. The van der Waals surface area contributed by atoms with Crippen LogP contribution in [-0.2, 0) is 81.5 Å². The van der Waals surface area contributed by atoms with Gasteiger partial charge in [0.2, 0.25) is 88.6 Å². The van der Waals surface area contributed by atoms with E-state index in [1.54, 1.807) is 27.7 Å². The van der Waals surface area contributed by atoms with Crippen molar-refractivity contribution in [2.45, 2.75) is 317 Å². The van der Waals surface area contributed by atoms with E-state index in [1.807, 2.05) is 0 Å². The Kier molecular flexibility index (Phi) is 49.8. The van der Waals surface area contributed by atoms with Crippen LogP contribution in [0.1, 0.15) is 220 Å². The zero-order chi connectivity index (χ0) is 107. The topological polar surface area (TPSA) is 918 Å². The van der Waals surface area contributed by atoms with Crippen LogP contribution in [0.25, 0.3) is 0 Å². The monoisotopic (exact) mass is 2050 g/mol. The molecule has 6 saturated heterocycles. The van der Waals surface area contributed by atoms with E-state index in [2.05, 4.69) is 85.1 Å². The maximum absolute atomic E-state index is 15.3. The van der Waals surface area contributed by atoms with Gasteiger partial charge < -0.3 is 171 Å². The van der Waals surface area contributed by atoms with Gasteiger partial charge in [-0.3, -0.25) is 115 Å². The first-order chi connectivity index (χ1) is 68.7. The summed E-state index contributed by atoms with van der Waals surface area (Å²) in [5.74, 6) is -17.4. The minimum atomic E-state index is -1.60. The number of amides is 15. The highest BCUT2D eigenvalue weighted by molar-refractivity contribution is 6.02. The van der Waals surface area contributed by atoms with Gasteiger partial charge in [0, 0.05) is 91.5 Å². The van der Waals surface area contributed by atoms with Crippen LogP contribution in [0, 0.1) is 49.7 Å². The number of carbonyl (C=O) groups excluding carboxylic acids is 15. The van der Waals surface area contributed by atoms with Gasteiger partial charge in [-0.1, -0.05) is 34.1 Å². The highest BCUT2D eigenvalue weighted by Crippen LogP contribution is 2.31. The molecule has 145 heavy (non-hydrogen) atoms. The molecule has 812 valence electrons. The number of carboxylic acids is 2. The van der Waals surface area contributed by atoms with Crippen LogP contribution in [0.15, 0.2) is 0 Å². The van der Waals surface area contributed by atoms with Crippen molar-refractivity contribution in [2.75, 3.05) is 85.1 Å². The Morgan fingerprint density at radius 3 is 0.862 bits per heavy atom. The van der Waals surface area contributed by atoms with E-state index in [1.165, 1.54) is 29.4 Å². The Balaban J connectivity index is 1.20. The smallest absolute Gasteiger partial charge is 0.326 e. The molecule has 6 fully saturated rings. The van der Waals surface area contributed by atoms with E-state index in [4.69, 9.17) is 83.7 Å². The maximum atomic E-state index is 15.3. The summed E-state index contributed by atoms with van der Waals surface area (Å²) in [6.45, 7) is 7.80. The number of aliphatic carboxylic acids is 2. The van der Waals surface area contributed by atoms with Crippen LogP contribution in [0.2, 0.25) is 0 Å². The summed E-state index contributed by atoms with van der Waals surface area (Å²) in [7, 11) is 0. The SMILES string of the molecule is CC[C@H](C)[C@H](NC(=O)[C@H](CCCNC(=N)N)NC(=O)[C@@H](N)CCCNC(=N)N)C(=O)N[C@@H](CCCNC(=N)N)C(=O)N1CCC[C@H]1C(=O)N[C@@H](CCCNC(=N)N)C(=O)N1CCC[C@H]1C(=O)N1CCC[C@H]1C(=O)N[C@@H](CCCNC(=N)N)C(=O)N[C@@H](CC(C)C)C(=O)N1CCC[C@H]1C(=O)N[C@@H](CCCNC(=N)N)C(=O)N1CCC[C@H]1C(=O)N[C@@H](CCCNC(=N)N)C(=O)N1CCC[C@H]1C(=O)N[C@@H](CCC(=O)O)C(=O)O. The number of hydrogen-bond donors (Lipinski definition) is 33. The molecule has 0 aromatic rings. The second kappa shape index (κ2) is 60.4. The van der Waals surface area contributed by atoms with Crippen molar-refractivity contribution in [3.63, 3.8) is 0 Å². The van der Waals surface area contributed by atoms with Gasteiger partial charge in [0.25, 0.3) is 0 Å². The molecule has 41 N–H and O–H groups in total. The van der Waals surface area contributed by atoms with Crippen LogP contribution < -0.4 is 131 Å². The molecule has 0 spiro atoms. The predicted molar refractivity (Wildman–Crippen MR) is 531 cm³/mol. The van der Waals surface area contributed by atoms with Gasteiger partial charge in [-0.25, -0.2) is 4.79 Å². The molecule has 56 nitrogen and oxygen atoms in total. The first kappa shape index (κ1) is 120. The average Bonchev–Trinajstić information content (AvgIpc) is 1.64. The maximum Gasteiger partial charge on any atom is 0.326 e. The van der Waals surface area contributed by atoms with Gasteiger partial charge in [0.15, 0.2) is 41.7 Å². The summed E-state index contributed by atoms with van der Waals surface area (Å²) in [6, 6.07) is -20.9. The fourth-order valence-electron chi connectivity index (χ4n) is 18.7. The Morgan fingerprint density at radius 1 is 0.303 bits per heavy atom. The Labute approximate surface area is 842 Å². The van der Waals surface area contributed by atoms with Crippen LogP contribution in [0.5, 0.6) is 0 Å². The second-order valence-corrected chi connectivity index (χ2v) is 37.9. The predicted octanol–water partition coefficient (Wildman–Crippen LogP) is -8.49. The lowest BCUT2D eigenvalue weighted by Crippen LogP contribution is -2.61. The van der Waals surface area contributed by atoms with Crippen molar-refractivity contribution in [1.82, 2.24) is 114 Å². The van der Waals surface area contributed by atoms with Crippen LogP contribution >= 0.6 is 0 Å². The molecule has 6 aliphatic heterocycles. The molecular weight excluding hydrogens is 1890 g/mol. The first-order valence-electron chi connectivity index (χ1n) is 50.1. The van der Waals surface area contributed by atoms with Gasteiger partial charge in [-0.05, 0) is 192 Å². The van der Waals surface area contributed by atoms with Crippen molar-refractivity contribution < 1.29 is 91.7 Å². The summed E-state index contributed by atoms with van der Waals surface area (Å²) in [5.41, 5.74) is 45.2. The van der Waals surface area contributed by atoms with Gasteiger partial charge in [-0.2, -0.15) is 0 Å². The normalized spacial score (nSPS) is 19.7. The zero-order valence-corrected chi connectivity index (χ0v) is 83.4. The summed E-state index contributed by atoms with van der Waals surface area (Å²) >= 11 is 0. The fourth-order valence-corrected chi connectivity index (χ4v) is 18.7. The summed E-state index contributed by atoms with van der Waals surface area (Å²) in [4.78, 5) is 253. The van der Waals surface area contributed by atoms with Crippen LogP contribution in [0.3, 0.4) is 0 Å². The molecule has 0 saturated carbocycles. The molecule has 0 aromatic heterocycles. The van der Waals surface area contributed by atoms with Gasteiger partial charge >= 0.3 is 11.9 Å². The molecule has 56 heteroatoms. The largest absolute Gasteiger partial charge is 0.481 e. The summed E-state index contributed by atoms with van der Waals surface area (Å²) in [6.07, 6.45) is 2.46. The van der Waals surface area contributed by atoms with E-state index in [0.29, 0.717) is 32.1 Å². The lowest BCUT2D eigenvalue weighted by Gasteiger charge is -2.34. The van der Waals surface area contributed by atoms with Crippen molar-refractivity contribution in [2.24, 2.45) is 57.7 Å². The number of rotatable bonds is 60. The number of likely N-dealkylation sites (tertiary alicyclic amines) is 6. The zero-order valence-electron chi connectivity index (χ0n) is 83.4. The molecule has 6 heterocycles. The average molecular weight is 2050 g/mol. The molecular formula is C89H157N37O19. The van der Waals surface area contributed by atoms with Gasteiger partial charge in [-0.15, -0.1) is 0 Å². The van der Waals surface area contributed by atoms with E-state index in [9.17, 15) is 53.4 Å². The van der Waals surface area contributed by atoms with Gasteiger partial charge in [0.05, 0.1) is 6.04 Å². The lowest BCUT2D eigenvalue weighted by atomic mass is 9.96. The molecule has 6 rings (SSSR count).